The summed E-state index contributed by atoms with van der Waals surface area (Å²) in [5.74, 6) is 0.0633. The molecule has 190 valence electrons. The molecule has 4 rings (SSSR count). The average Bonchev–Trinajstić information content (AvgIpc) is 3.12. The largest absolute Gasteiger partial charge is 0.493 e. The molecule has 1 heterocycles. The molecule has 10 heteroatoms. The van der Waals surface area contributed by atoms with Crippen molar-refractivity contribution in [3.8, 4) is 11.5 Å². The number of halogens is 2. The Bertz CT molecular complexity index is 1370. The molecule has 1 fully saturated rings. The Morgan fingerprint density at radius 1 is 1.08 bits per heavy atom. The van der Waals surface area contributed by atoms with Gasteiger partial charge in [-0.1, -0.05) is 41.9 Å². The maximum Gasteiger partial charge on any atom is 0.325 e. The number of hydrogen-bond acceptors (Lipinski definition) is 6. The standard InChI is InChI=1S/C27H22BrClN2O5S/c1-34-23-14-18(12-21(28)25(23)36-16-17-6-4-3-5-7-17)13-22-26(33)31(20-10-8-19(29)9-11-20)27(37)30(22)15-24(32)35-2/h3-14H,15-16H2,1-2H3/b22-13-. The number of esters is 1. The first kappa shape index (κ1) is 26.7. The first-order valence-corrected chi connectivity index (χ1v) is 12.6. The summed E-state index contributed by atoms with van der Waals surface area (Å²) in [6.07, 6.45) is 1.64. The number of rotatable bonds is 8. The minimum Gasteiger partial charge on any atom is -0.493 e. The van der Waals surface area contributed by atoms with E-state index < -0.39 is 11.9 Å². The Balaban J connectivity index is 1.70. The van der Waals surface area contributed by atoms with Crippen LogP contribution in [0.1, 0.15) is 11.1 Å². The SMILES string of the molecule is COC(=O)CN1C(=S)N(c2ccc(Cl)cc2)C(=O)/C1=C/c1cc(Br)c(OCc2ccccc2)c(OC)c1. The Labute approximate surface area is 233 Å². The quantitative estimate of drug-likeness (QED) is 0.183. The van der Waals surface area contributed by atoms with E-state index in [0.717, 1.165) is 5.56 Å². The van der Waals surface area contributed by atoms with Crippen molar-refractivity contribution >= 4 is 68.5 Å². The summed E-state index contributed by atoms with van der Waals surface area (Å²) in [5, 5.41) is 0.674. The van der Waals surface area contributed by atoms with Gasteiger partial charge in [0.25, 0.3) is 5.91 Å². The molecule has 0 aliphatic carbocycles. The average molecular weight is 602 g/mol. The third kappa shape index (κ3) is 5.95. The lowest BCUT2D eigenvalue weighted by atomic mass is 10.1. The normalized spacial score (nSPS) is 14.3. The smallest absolute Gasteiger partial charge is 0.325 e. The minimum absolute atomic E-state index is 0.151. The molecule has 3 aromatic carbocycles. The van der Waals surface area contributed by atoms with Crippen LogP contribution in [0.5, 0.6) is 11.5 Å². The second-order valence-corrected chi connectivity index (χ2v) is 9.56. The molecule has 0 radical (unpaired) electrons. The van der Waals surface area contributed by atoms with Crippen LogP contribution in [0.4, 0.5) is 5.69 Å². The third-order valence-corrected chi connectivity index (χ3v) is 6.76. The predicted molar refractivity (Wildman–Crippen MR) is 150 cm³/mol. The van der Waals surface area contributed by atoms with Gasteiger partial charge in [-0.25, -0.2) is 0 Å². The number of carbonyl (C=O) groups excluding carboxylic acids is 2. The number of benzene rings is 3. The lowest BCUT2D eigenvalue weighted by Crippen LogP contribution is -2.35. The van der Waals surface area contributed by atoms with Crippen LogP contribution in [0, 0.1) is 0 Å². The zero-order valence-corrected chi connectivity index (χ0v) is 23.1. The fraction of sp³-hybridized carbons (Fsp3) is 0.148. The molecule has 0 atom stereocenters. The van der Waals surface area contributed by atoms with Gasteiger partial charge in [0.15, 0.2) is 16.6 Å². The third-order valence-electron chi connectivity index (χ3n) is 5.52. The van der Waals surface area contributed by atoms with Crippen molar-refractivity contribution in [2.24, 2.45) is 0 Å². The van der Waals surface area contributed by atoms with Gasteiger partial charge >= 0.3 is 5.97 Å². The summed E-state index contributed by atoms with van der Waals surface area (Å²) in [5.41, 5.74) is 2.38. The number of amides is 1. The minimum atomic E-state index is -0.539. The number of hydrogen-bond donors (Lipinski definition) is 0. The van der Waals surface area contributed by atoms with E-state index in [0.29, 0.717) is 38.9 Å². The van der Waals surface area contributed by atoms with Crippen LogP contribution < -0.4 is 14.4 Å². The Hall–Kier alpha value is -3.40. The van der Waals surface area contributed by atoms with Gasteiger partial charge in [0.05, 0.1) is 24.4 Å². The number of methoxy groups -OCH3 is 2. The van der Waals surface area contributed by atoms with Crippen molar-refractivity contribution in [1.82, 2.24) is 4.90 Å². The molecule has 0 bridgehead atoms. The van der Waals surface area contributed by atoms with Crippen LogP contribution >= 0.6 is 39.7 Å². The molecular weight excluding hydrogens is 580 g/mol. The predicted octanol–water partition coefficient (Wildman–Crippen LogP) is 5.84. The molecule has 0 unspecified atom stereocenters. The van der Waals surface area contributed by atoms with Gasteiger partial charge < -0.3 is 19.1 Å². The molecule has 3 aromatic rings. The van der Waals surface area contributed by atoms with E-state index in [9.17, 15) is 9.59 Å². The van der Waals surface area contributed by atoms with Crippen molar-refractivity contribution in [1.29, 1.82) is 0 Å². The first-order chi connectivity index (χ1) is 17.8. The van der Waals surface area contributed by atoms with Gasteiger partial charge in [-0.2, -0.15) is 0 Å². The van der Waals surface area contributed by atoms with E-state index in [2.05, 4.69) is 15.9 Å². The molecular formula is C27H22BrClN2O5S. The van der Waals surface area contributed by atoms with Crippen molar-refractivity contribution in [2.45, 2.75) is 6.61 Å². The van der Waals surface area contributed by atoms with Crippen LogP contribution in [0.2, 0.25) is 5.02 Å². The number of ether oxygens (including phenoxy) is 3. The highest BCUT2D eigenvalue weighted by Gasteiger charge is 2.40. The van der Waals surface area contributed by atoms with E-state index in [1.54, 1.807) is 42.5 Å². The Kier molecular flexibility index (Phi) is 8.48. The molecule has 1 aliphatic heterocycles. The van der Waals surface area contributed by atoms with Crippen LogP contribution in [-0.2, 0) is 20.9 Å². The number of anilines is 1. The van der Waals surface area contributed by atoms with Crippen molar-refractivity contribution < 1.29 is 23.8 Å². The van der Waals surface area contributed by atoms with Crippen LogP contribution in [0.3, 0.4) is 0 Å². The highest BCUT2D eigenvalue weighted by atomic mass is 79.9. The lowest BCUT2D eigenvalue weighted by Gasteiger charge is -2.19. The zero-order chi connectivity index (χ0) is 26.5. The van der Waals surface area contributed by atoms with Gasteiger partial charge in [0, 0.05) is 5.02 Å². The molecule has 0 spiro atoms. The van der Waals surface area contributed by atoms with E-state index in [-0.39, 0.29) is 17.4 Å². The summed E-state index contributed by atoms with van der Waals surface area (Å²) in [7, 11) is 2.81. The van der Waals surface area contributed by atoms with Crippen molar-refractivity contribution in [2.75, 3.05) is 25.7 Å². The van der Waals surface area contributed by atoms with Crippen LogP contribution in [-0.4, -0.2) is 42.7 Å². The fourth-order valence-electron chi connectivity index (χ4n) is 3.70. The number of nitrogens with zero attached hydrogens (tertiary/aromatic N) is 2. The summed E-state index contributed by atoms with van der Waals surface area (Å²) in [4.78, 5) is 28.5. The first-order valence-electron chi connectivity index (χ1n) is 11.1. The molecule has 0 saturated carbocycles. The number of carbonyl (C=O) groups is 2. The summed E-state index contributed by atoms with van der Waals surface area (Å²) in [6.45, 7) is 0.125. The van der Waals surface area contributed by atoms with E-state index >= 15 is 0 Å². The monoisotopic (exact) mass is 600 g/mol. The Morgan fingerprint density at radius 2 is 1.78 bits per heavy atom. The molecule has 0 aromatic heterocycles. The van der Waals surface area contributed by atoms with E-state index in [4.69, 9.17) is 38.0 Å². The highest BCUT2D eigenvalue weighted by molar-refractivity contribution is 9.10. The second kappa shape index (κ2) is 11.8. The zero-order valence-electron chi connectivity index (χ0n) is 19.9. The Morgan fingerprint density at radius 3 is 2.43 bits per heavy atom. The fourth-order valence-corrected chi connectivity index (χ4v) is 4.75. The van der Waals surface area contributed by atoms with Crippen molar-refractivity contribution in [3.63, 3.8) is 0 Å². The van der Waals surface area contributed by atoms with Crippen LogP contribution in [0.15, 0.2) is 76.9 Å². The summed E-state index contributed by atoms with van der Waals surface area (Å²) in [6, 6.07) is 20.0. The molecule has 7 nitrogen and oxygen atoms in total. The topological polar surface area (TPSA) is 68.3 Å². The second-order valence-electron chi connectivity index (χ2n) is 7.90. The number of thiocarbonyl (C=S) groups is 1. The van der Waals surface area contributed by atoms with E-state index in [1.165, 1.54) is 24.0 Å². The van der Waals surface area contributed by atoms with Gasteiger partial charge in [-0.15, -0.1) is 0 Å². The molecule has 0 N–H and O–H groups in total. The lowest BCUT2D eigenvalue weighted by molar-refractivity contribution is -0.140. The summed E-state index contributed by atoms with van der Waals surface area (Å²) >= 11 is 15.2. The van der Waals surface area contributed by atoms with E-state index in [1.807, 2.05) is 30.3 Å². The molecule has 1 amide bonds. The highest BCUT2D eigenvalue weighted by Crippen LogP contribution is 2.38. The molecule has 37 heavy (non-hydrogen) atoms. The van der Waals surface area contributed by atoms with Crippen LogP contribution in [0.25, 0.3) is 6.08 Å². The van der Waals surface area contributed by atoms with Gasteiger partial charge in [-0.05, 0) is 81.7 Å². The van der Waals surface area contributed by atoms with Gasteiger partial charge in [0.1, 0.15) is 18.8 Å². The molecule has 1 saturated heterocycles. The van der Waals surface area contributed by atoms with Gasteiger partial charge in [-0.3, -0.25) is 14.5 Å². The molecule has 1 aliphatic rings. The summed E-state index contributed by atoms with van der Waals surface area (Å²) < 4.78 is 17.0. The maximum absolute atomic E-state index is 13.5. The van der Waals surface area contributed by atoms with Crippen molar-refractivity contribution in [3.05, 3.63) is 93.0 Å². The maximum atomic E-state index is 13.5. The van der Waals surface area contributed by atoms with Gasteiger partial charge in [0.2, 0.25) is 0 Å².